The molecule has 19 heavy (non-hydrogen) atoms. The zero-order valence-corrected chi connectivity index (χ0v) is 11.0. The van der Waals surface area contributed by atoms with E-state index in [1.165, 1.54) is 0 Å². The molecule has 96 valence electrons. The van der Waals surface area contributed by atoms with E-state index in [1.807, 2.05) is 60.7 Å². The second-order valence-corrected chi connectivity index (χ2v) is 4.30. The Morgan fingerprint density at radius 2 is 1.58 bits per heavy atom. The minimum atomic E-state index is 0.117. The Hall–Kier alpha value is -2.35. The lowest BCUT2D eigenvalue weighted by Gasteiger charge is -2.07. The van der Waals surface area contributed by atoms with Crippen molar-refractivity contribution in [3.8, 4) is 0 Å². The highest BCUT2D eigenvalue weighted by molar-refractivity contribution is 6.21. The molecule has 0 bridgehead atoms. The maximum atomic E-state index is 12.4. The molecule has 0 aliphatic rings. The van der Waals surface area contributed by atoms with Crippen LogP contribution in [0.5, 0.6) is 0 Å². The van der Waals surface area contributed by atoms with Crippen molar-refractivity contribution in [1.29, 1.82) is 0 Å². The van der Waals surface area contributed by atoms with E-state index in [4.69, 9.17) is 0 Å². The lowest BCUT2D eigenvalue weighted by Crippen LogP contribution is -2.09. The third-order valence-electron chi connectivity index (χ3n) is 2.88. The van der Waals surface area contributed by atoms with Gasteiger partial charge in [-0.15, -0.1) is 0 Å². The minimum absolute atomic E-state index is 0.117. The van der Waals surface area contributed by atoms with Crippen molar-refractivity contribution < 1.29 is 4.79 Å². The number of nitrogens with one attached hydrogen (secondary N) is 1. The van der Waals surface area contributed by atoms with E-state index in [0.717, 1.165) is 11.1 Å². The maximum Gasteiger partial charge on any atom is 0.169 e. The highest BCUT2D eigenvalue weighted by atomic mass is 16.1. The van der Waals surface area contributed by atoms with Crippen LogP contribution in [0.25, 0.3) is 5.57 Å². The first kappa shape index (κ1) is 13.1. The summed E-state index contributed by atoms with van der Waals surface area (Å²) in [5, 5.41) is 2.95. The van der Waals surface area contributed by atoms with Crippen molar-refractivity contribution in [3.05, 3.63) is 78.0 Å². The molecule has 0 spiro atoms. The zero-order valence-electron chi connectivity index (χ0n) is 11.0. The molecule has 0 amide bonds. The van der Waals surface area contributed by atoms with Gasteiger partial charge in [-0.3, -0.25) is 4.79 Å². The first-order valence-corrected chi connectivity index (χ1v) is 6.31. The van der Waals surface area contributed by atoms with Gasteiger partial charge in [-0.25, -0.2) is 0 Å². The Bertz CT molecular complexity index is 558. The number of carbonyl (C=O) groups is 1. The molecule has 2 aromatic carbocycles. The van der Waals surface area contributed by atoms with Crippen LogP contribution in [0.3, 0.4) is 0 Å². The Labute approximate surface area is 113 Å². The quantitative estimate of drug-likeness (QED) is 0.827. The molecule has 0 fully saturated rings. The van der Waals surface area contributed by atoms with Gasteiger partial charge in [0.2, 0.25) is 0 Å². The fraction of sp³-hybridized carbons (Fsp3) is 0.118. The smallest absolute Gasteiger partial charge is 0.169 e. The fourth-order valence-corrected chi connectivity index (χ4v) is 1.96. The summed E-state index contributed by atoms with van der Waals surface area (Å²) in [6.45, 7) is 0. The topological polar surface area (TPSA) is 29.1 Å². The molecule has 2 aromatic rings. The fourth-order valence-electron chi connectivity index (χ4n) is 1.96. The van der Waals surface area contributed by atoms with Gasteiger partial charge in [0.15, 0.2) is 5.78 Å². The van der Waals surface area contributed by atoms with Gasteiger partial charge in [0.1, 0.15) is 0 Å². The molecule has 0 unspecified atom stereocenters. The van der Waals surface area contributed by atoms with Crippen LogP contribution < -0.4 is 5.32 Å². The molecular weight excluding hydrogens is 234 g/mol. The molecule has 1 N–H and O–H groups in total. The summed E-state index contributed by atoms with van der Waals surface area (Å²) in [4.78, 5) is 12.4. The van der Waals surface area contributed by atoms with Crippen molar-refractivity contribution in [2.45, 2.75) is 6.42 Å². The lowest BCUT2D eigenvalue weighted by atomic mass is 9.98. The lowest BCUT2D eigenvalue weighted by molar-refractivity contribution is -0.113. The van der Waals surface area contributed by atoms with Crippen LogP contribution in [0, 0.1) is 0 Å². The van der Waals surface area contributed by atoms with Crippen LogP contribution in [0.1, 0.15) is 11.1 Å². The molecule has 2 nitrogen and oxygen atoms in total. The van der Waals surface area contributed by atoms with Gasteiger partial charge in [0.05, 0.1) is 0 Å². The number of benzene rings is 2. The van der Waals surface area contributed by atoms with E-state index in [1.54, 1.807) is 13.2 Å². The number of rotatable bonds is 5. The van der Waals surface area contributed by atoms with Crippen LogP contribution in [-0.2, 0) is 11.2 Å². The van der Waals surface area contributed by atoms with E-state index < -0.39 is 0 Å². The van der Waals surface area contributed by atoms with Gasteiger partial charge in [0, 0.05) is 25.2 Å². The molecule has 0 aromatic heterocycles. The molecule has 2 heteroatoms. The van der Waals surface area contributed by atoms with E-state index in [-0.39, 0.29) is 5.78 Å². The second kappa shape index (κ2) is 6.55. The zero-order chi connectivity index (χ0) is 13.5. The third kappa shape index (κ3) is 3.55. The van der Waals surface area contributed by atoms with Gasteiger partial charge < -0.3 is 5.32 Å². The molecule has 0 aliphatic heterocycles. The van der Waals surface area contributed by atoms with Crippen LogP contribution in [0.4, 0.5) is 0 Å². The van der Waals surface area contributed by atoms with Crippen molar-refractivity contribution >= 4 is 11.4 Å². The van der Waals surface area contributed by atoms with Crippen LogP contribution in [0.2, 0.25) is 0 Å². The first-order chi connectivity index (χ1) is 9.31. The van der Waals surface area contributed by atoms with Gasteiger partial charge in [0.25, 0.3) is 0 Å². The van der Waals surface area contributed by atoms with Crippen LogP contribution in [0.15, 0.2) is 66.9 Å². The molecule has 0 aliphatic carbocycles. The average Bonchev–Trinajstić information content (AvgIpc) is 2.46. The predicted octanol–water partition coefficient (Wildman–Crippen LogP) is 3.06. The number of hydrogen-bond acceptors (Lipinski definition) is 2. The summed E-state index contributed by atoms with van der Waals surface area (Å²) in [5.74, 6) is 0.117. The van der Waals surface area contributed by atoms with E-state index in [0.29, 0.717) is 12.0 Å². The van der Waals surface area contributed by atoms with Crippen LogP contribution >= 0.6 is 0 Å². The standard InChI is InChI=1S/C17H17NO/c1-18-13-16(15-10-6-3-7-11-15)17(19)12-14-8-4-2-5-9-14/h2-11,13,18H,12H2,1H3/b16-13+. The summed E-state index contributed by atoms with van der Waals surface area (Å²) in [6.07, 6.45) is 2.18. The van der Waals surface area contributed by atoms with Gasteiger partial charge in [-0.05, 0) is 11.1 Å². The summed E-state index contributed by atoms with van der Waals surface area (Å²) >= 11 is 0. The number of carbonyl (C=O) groups excluding carboxylic acids is 1. The number of Topliss-reactive ketones (excluding diaryl/α,β-unsaturated/α-hetero) is 1. The molecule has 0 heterocycles. The van der Waals surface area contributed by atoms with Crippen molar-refractivity contribution in [3.63, 3.8) is 0 Å². The normalized spacial score (nSPS) is 11.1. The summed E-state index contributed by atoms with van der Waals surface area (Å²) in [7, 11) is 1.80. The summed E-state index contributed by atoms with van der Waals surface area (Å²) < 4.78 is 0. The molecule has 2 rings (SSSR count). The van der Waals surface area contributed by atoms with Gasteiger partial charge >= 0.3 is 0 Å². The Balaban J connectivity index is 2.21. The minimum Gasteiger partial charge on any atom is -0.393 e. The highest BCUT2D eigenvalue weighted by Crippen LogP contribution is 2.16. The number of hydrogen-bond donors (Lipinski definition) is 1. The summed E-state index contributed by atoms with van der Waals surface area (Å²) in [6, 6.07) is 19.5. The SMILES string of the molecule is CN/C=C(/C(=O)Cc1ccccc1)c1ccccc1. The Morgan fingerprint density at radius 3 is 2.16 bits per heavy atom. The molecule has 0 saturated carbocycles. The molecule has 0 atom stereocenters. The van der Waals surface area contributed by atoms with E-state index in [9.17, 15) is 4.79 Å². The van der Waals surface area contributed by atoms with Crippen molar-refractivity contribution in [2.75, 3.05) is 7.05 Å². The van der Waals surface area contributed by atoms with Gasteiger partial charge in [-0.2, -0.15) is 0 Å². The van der Waals surface area contributed by atoms with Crippen molar-refractivity contribution in [1.82, 2.24) is 5.32 Å². The predicted molar refractivity (Wildman–Crippen MR) is 78.6 cm³/mol. The molecule has 0 saturated heterocycles. The molecular formula is C17H17NO. The Kier molecular flexibility index (Phi) is 4.51. The van der Waals surface area contributed by atoms with Gasteiger partial charge in [-0.1, -0.05) is 60.7 Å². The maximum absolute atomic E-state index is 12.4. The highest BCUT2D eigenvalue weighted by Gasteiger charge is 2.12. The Morgan fingerprint density at radius 1 is 1.00 bits per heavy atom. The second-order valence-electron chi connectivity index (χ2n) is 4.30. The average molecular weight is 251 g/mol. The third-order valence-corrected chi connectivity index (χ3v) is 2.88. The van der Waals surface area contributed by atoms with Crippen molar-refractivity contribution in [2.24, 2.45) is 0 Å². The molecule has 0 radical (unpaired) electrons. The number of ketones is 1. The first-order valence-electron chi connectivity index (χ1n) is 6.31. The van der Waals surface area contributed by atoms with Crippen LogP contribution in [-0.4, -0.2) is 12.8 Å². The van der Waals surface area contributed by atoms with E-state index in [2.05, 4.69) is 5.32 Å². The summed E-state index contributed by atoms with van der Waals surface area (Å²) in [5.41, 5.74) is 2.69. The number of allylic oxidation sites excluding steroid dienone is 1. The monoisotopic (exact) mass is 251 g/mol. The largest absolute Gasteiger partial charge is 0.393 e. The van der Waals surface area contributed by atoms with E-state index >= 15 is 0 Å².